The molecule has 0 saturated carbocycles. The van der Waals surface area contributed by atoms with Crippen LogP contribution in [0.1, 0.15) is 0 Å². The normalized spacial score (nSPS) is 10.3. The van der Waals surface area contributed by atoms with Crippen LogP contribution in [0.15, 0.2) is 23.6 Å². The summed E-state index contributed by atoms with van der Waals surface area (Å²) >= 11 is 1.33. The smallest absolute Gasteiger partial charge is 0.180 e. The van der Waals surface area contributed by atoms with Gasteiger partial charge in [0.15, 0.2) is 16.6 Å². The Bertz CT molecular complexity index is 468. The molecular weight excluding hydrogens is 200 g/mol. The molecule has 4 N–H and O–H groups in total. The van der Waals surface area contributed by atoms with Crippen molar-refractivity contribution in [2.24, 2.45) is 0 Å². The van der Waals surface area contributed by atoms with E-state index in [1.54, 1.807) is 11.4 Å². The Hall–Kier alpha value is -1.75. The summed E-state index contributed by atoms with van der Waals surface area (Å²) < 4.78 is 0. The Morgan fingerprint density at radius 1 is 1.21 bits per heavy atom. The molecule has 0 bridgehead atoms. The van der Waals surface area contributed by atoms with Crippen LogP contribution in [0.5, 0.6) is 11.5 Å². The minimum Gasteiger partial charge on any atom is -0.504 e. The van der Waals surface area contributed by atoms with E-state index in [1.165, 1.54) is 23.5 Å². The van der Waals surface area contributed by atoms with E-state index in [-0.39, 0.29) is 11.5 Å². The molecule has 0 spiro atoms. The van der Waals surface area contributed by atoms with Gasteiger partial charge in [-0.25, -0.2) is 4.98 Å². The Labute approximate surface area is 84.3 Å². The predicted octanol–water partition coefficient (Wildman–Crippen LogP) is 1.80. The molecule has 2 rings (SSSR count). The third-order valence-corrected chi connectivity index (χ3v) is 2.47. The number of hydrogen-bond donors (Lipinski definition) is 3. The maximum atomic E-state index is 9.26. The first kappa shape index (κ1) is 8.83. The molecule has 1 aromatic carbocycles. The van der Waals surface area contributed by atoms with Gasteiger partial charge in [-0.1, -0.05) is 0 Å². The fourth-order valence-corrected chi connectivity index (χ4v) is 1.68. The summed E-state index contributed by atoms with van der Waals surface area (Å²) in [5, 5.41) is 20.6. The highest BCUT2D eigenvalue weighted by Crippen LogP contribution is 2.31. The fraction of sp³-hybridized carbons (Fsp3) is 0. The lowest BCUT2D eigenvalue weighted by Gasteiger charge is -1.99. The number of aromatic nitrogens is 1. The summed E-state index contributed by atoms with van der Waals surface area (Å²) in [6.07, 6.45) is 0. The fourth-order valence-electron chi connectivity index (χ4n) is 1.10. The van der Waals surface area contributed by atoms with Crippen LogP contribution in [0.25, 0.3) is 11.3 Å². The highest BCUT2D eigenvalue weighted by Gasteiger charge is 2.05. The van der Waals surface area contributed by atoms with E-state index in [4.69, 9.17) is 10.8 Å². The minimum absolute atomic E-state index is 0.142. The van der Waals surface area contributed by atoms with Gasteiger partial charge in [-0.3, -0.25) is 0 Å². The van der Waals surface area contributed by atoms with Crippen molar-refractivity contribution >= 4 is 16.5 Å². The van der Waals surface area contributed by atoms with Gasteiger partial charge in [-0.15, -0.1) is 11.3 Å². The summed E-state index contributed by atoms with van der Waals surface area (Å²) in [6.45, 7) is 0. The molecule has 1 heterocycles. The van der Waals surface area contributed by atoms with Gasteiger partial charge in [-0.2, -0.15) is 0 Å². The Morgan fingerprint density at radius 2 is 2.00 bits per heavy atom. The second-order valence-electron chi connectivity index (χ2n) is 2.77. The highest BCUT2D eigenvalue weighted by atomic mass is 32.1. The van der Waals surface area contributed by atoms with Gasteiger partial charge in [0, 0.05) is 10.9 Å². The largest absolute Gasteiger partial charge is 0.504 e. The standard InChI is InChI=1S/C9H8N2O2S/c10-9-11-6(4-14-9)5-1-2-7(12)8(13)3-5/h1-4,12-13H,(H2,10,11). The van der Waals surface area contributed by atoms with Crippen molar-refractivity contribution in [3.05, 3.63) is 23.6 Å². The molecule has 14 heavy (non-hydrogen) atoms. The van der Waals surface area contributed by atoms with E-state index in [2.05, 4.69) is 4.98 Å². The van der Waals surface area contributed by atoms with E-state index in [9.17, 15) is 5.11 Å². The van der Waals surface area contributed by atoms with E-state index in [1.807, 2.05) is 0 Å². The molecule has 1 aromatic heterocycles. The number of phenolic OH excluding ortho intramolecular Hbond substituents is 2. The third kappa shape index (κ3) is 1.49. The quantitative estimate of drug-likeness (QED) is 0.624. The van der Waals surface area contributed by atoms with Crippen LogP contribution in [0.2, 0.25) is 0 Å². The van der Waals surface area contributed by atoms with Crippen molar-refractivity contribution in [3.8, 4) is 22.8 Å². The van der Waals surface area contributed by atoms with Gasteiger partial charge < -0.3 is 15.9 Å². The monoisotopic (exact) mass is 208 g/mol. The molecule has 5 heteroatoms. The van der Waals surface area contributed by atoms with Crippen LogP contribution in [-0.2, 0) is 0 Å². The number of benzene rings is 1. The predicted molar refractivity (Wildman–Crippen MR) is 55.3 cm³/mol. The highest BCUT2D eigenvalue weighted by molar-refractivity contribution is 7.13. The van der Waals surface area contributed by atoms with Crippen LogP contribution >= 0.6 is 11.3 Å². The van der Waals surface area contributed by atoms with E-state index >= 15 is 0 Å². The lowest BCUT2D eigenvalue weighted by molar-refractivity contribution is 0.404. The van der Waals surface area contributed by atoms with Crippen molar-refractivity contribution in [2.75, 3.05) is 5.73 Å². The van der Waals surface area contributed by atoms with Gasteiger partial charge in [0.25, 0.3) is 0 Å². The zero-order valence-electron chi connectivity index (χ0n) is 7.14. The Balaban J connectivity index is 2.47. The molecule has 0 aliphatic heterocycles. The van der Waals surface area contributed by atoms with Gasteiger partial charge >= 0.3 is 0 Å². The molecule has 0 amide bonds. The van der Waals surface area contributed by atoms with Crippen LogP contribution in [0.4, 0.5) is 5.13 Å². The van der Waals surface area contributed by atoms with Crippen LogP contribution in [-0.4, -0.2) is 15.2 Å². The van der Waals surface area contributed by atoms with Crippen molar-refractivity contribution < 1.29 is 10.2 Å². The second-order valence-corrected chi connectivity index (χ2v) is 3.66. The molecule has 2 aromatic rings. The number of rotatable bonds is 1. The van der Waals surface area contributed by atoms with E-state index < -0.39 is 0 Å². The molecule has 0 radical (unpaired) electrons. The number of phenols is 2. The molecule has 0 saturated heterocycles. The number of hydrogen-bond acceptors (Lipinski definition) is 5. The first-order valence-corrected chi connectivity index (χ1v) is 4.78. The number of nitrogens with two attached hydrogens (primary N) is 1. The molecular formula is C9H8N2O2S. The molecule has 0 unspecified atom stereocenters. The zero-order valence-corrected chi connectivity index (χ0v) is 7.95. The van der Waals surface area contributed by atoms with Crippen LogP contribution in [0.3, 0.4) is 0 Å². The minimum atomic E-state index is -0.158. The number of nitrogen functional groups attached to an aromatic ring is 1. The third-order valence-electron chi connectivity index (χ3n) is 1.79. The van der Waals surface area contributed by atoms with Gasteiger partial charge in [0.1, 0.15) is 0 Å². The molecule has 0 fully saturated rings. The maximum absolute atomic E-state index is 9.26. The number of nitrogens with zero attached hydrogens (tertiary/aromatic N) is 1. The van der Waals surface area contributed by atoms with Gasteiger partial charge in [0.05, 0.1) is 5.69 Å². The van der Waals surface area contributed by atoms with Crippen molar-refractivity contribution in [1.29, 1.82) is 0 Å². The average Bonchev–Trinajstić information content (AvgIpc) is 2.57. The number of anilines is 1. The number of aromatic hydroxyl groups is 2. The topological polar surface area (TPSA) is 79.4 Å². The number of thiazole rings is 1. The molecule has 0 aliphatic carbocycles. The summed E-state index contributed by atoms with van der Waals surface area (Å²) in [6, 6.07) is 4.54. The lowest BCUT2D eigenvalue weighted by atomic mass is 10.1. The Morgan fingerprint density at radius 3 is 2.57 bits per heavy atom. The van der Waals surface area contributed by atoms with Crippen molar-refractivity contribution in [3.63, 3.8) is 0 Å². The molecule has 0 aliphatic rings. The van der Waals surface area contributed by atoms with E-state index in [0.29, 0.717) is 10.8 Å². The average molecular weight is 208 g/mol. The van der Waals surface area contributed by atoms with Crippen molar-refractivity contribution in [2.45, 2.75) is 0 Å². The lowest BCUT2D eigenvalue weighted by Crippen LogP contribution is -1.82. The summed E-state index contributed by atoms with van der Waals surface area (Å²) in [7, 11) is 0. The Kier molecular flexibility index (Phi) is 2.01. The summed E-state index contributed by atoms with van der Waals surface area (Å²) in [4.78, 5) is 4.06. The van der Waals surface area contributed by atoms with Gasteiger partial charge in [-0.05, 0) is 18.2 Å². The first-order chi connectivity index (χ1) is 6.66. The summed E-state index contributed by atoms with van der Waals surface area (Å²) in [5.74, 6) is -0.300. The van der Waals surface area contributed by atoms with Crippen LogP contribution < -0.4 is 5.73 Å². The van der Waals surface area contributed by atoms with Gasteiger partial charge in [0.2, 0.25) is 0 Å². The molecule has 72 valence electrons. The summed E-state index contributed by atoms with van der Waals surface area (Å²) in [5.41, 5.74) is 6.91. The first-order valence-electron chi connectivity index (χ1n) is 3.90. The van der Waals surface area contributed by atoms with Crippen LogP contribution in [0, 0.1) is 0 Å². The van der Waals surface area contributed by atoms with Crippen molar-refractivity contribution in [1.82, 2.24) is 4.98 Å². The SMILES string of the molecule is Nc1nc(-c2ccc(O)c(O)c2)cs1. The maximum Gasteiger partial charge on any atom is 0.180 e. The molecule has 4 nitrogen and oxygen atoms in total. The van der Waals surface area contributed by atoms with E-state index in [0.717, 1.165) is 5.56 Å². The molecule has 0 atom stereocenters. The second kappa shape index (κ2) is 3.19. The zero-order chi connectivity index (χ0) is 10.1.